The Balaban J connectivity index is 1.95. The Morgan fingerprint density at radius 2 is 2.20 bits per heavy atom. The lowest BCUT2D eigenvalue weighted by molar-refractivity contribution is 0.0332. The first kappa shape index (κ1) is 14.3. The van der Waals surface area contributed by atoms with Gasteiger partial charge in [-0.2, -0.15) is 0 Å². The van der Waals surface area contributed by atoms with E-state index >= 15 is 0 Å². The lowest BCUT2D eigenvalue weighted by Crippen LogP contribution is -2.41. The predicted octanol–water partition coefficient (Wildman–Crippen LogP) is 1.01. The maximum atomic E-state index is 12.0. The average Bonchev–Trinajstić information content (AvgIpc) is 2.37. The molecule has 0 atom stereocenters. The van der Waals surface area contributed by atoms with Crippen LogP contribution in [0.5, 0.6) is 0 Å². The second-order valence-electron chi connectivity index (χ2n) is 5.01. The second kappa shape index (κ2) is 5.87. The molecule has 2 amide bonds. The van der Waals surface area contributed by atoms with Crippen LogP contribution in [0.1, 0.15) is 23.3 Å². The minimum absolute atomic E-state index is 0.172. The minimum Gasteiger partial charge on any atom is -0.476 e. The summed E-state index contributed by atoms with van der Waals surface area (Å²) in [5.74, 6) is -0.890. The molecule has 1 aliphatic carbocycles. The normalized spacial score (nSPS) is 20.9. The summed E-state index contributed by atoms with van der Waals surface area (Å²) in [6.07, 6.45) is 2.50. The number of urea groups is 1. The second-order valence-corrected chi connectivity index (χ2v) is 5.01. The topological polar surface area (TPSA) is 103 Å². The molecule has 2 rings (SSSR count). The van der Waals surface area contributed by atoms with E-state index in [1.807, 2.05) is 0 Å². The average molecular weight is 279 g/mol. The number of amides is 2. The van der Waals surface area contributed by atoms with E-state index in [0.717, 1.165) is 0 Å². The number of hydrogen-bond acceptors (Lipinski definition) is 4. The molecule has 0 spiro atoms. The van der Waals surface area contributed by atoms with Crippen LogP contribution in [0.15, 0.2) is 18.3 Å². The van der Waals surface area contributed by atoms with Gasteiger partial charge in [-0.05, 0) is 30.9 Å². The van der Waals surface area contributed by atoms with Gasteiger partial charge in [-0.25, -0.2) is 14.6 Å². The molecule has 7 heteroatoms. The molecule has 1 aliphatic rings. The summed E-state index contributed by atoms with van der Waals surface area (Å²) in [5, 5.41) is 20.7. The van der Waals surface area contributed by atoms with Crippen LogP contribution in [-0.2, 0) is 0 Å². The summed E-state index contributed by atoms with van der Waals surface area (Å²) < 4.78 is 0. The van der Waals surface area contributed by atoms with Gasteiger partial charge in [0, 0.05) is 19.8 Å². The largest absolute Gasteiger partial charge is 0.476 e. The van der Waals surface area contributed by atoms with Crippen LogP contribution in [0.2, 0.25) is 0 Å². The van der Waals surface area contributed by atoms with Crippen LogP contribution in [0.25, 0.3) is 0 Å². The number of rotatable bonds is 4. The van der Waals surface area contributed by atoms with Crippen LogP contribution in [0.3, 0.4) is 0 Å². The van der Waals surface area contributed by atoms with Gasteiger partial charge in [-0.1, -0.05) is 0 Å². The molecule has 0 aliphatic heterocycles. The number of nitrogens with zero attached hydrogens (tertiary/aromatic N) is 2. The number of carboxylic acids is 1. The van der Waals surface area contributed by atoms with Crippen LogP contribution >= 0.6 is 0 Å². The lowest BCUT2D eigenvalue weighted by Gasteiger charge is -2.34. The highest BCUT2D eigenvalue weighted by Gasteiger charge is 2.29. The Morgan fingerprint density at radius 1 is 1.50 bits per heavy atom. The van der Waals surface area contributed by atoms with Crippen molar-refractivity contribution in [3.63, 3.8) is 0 Å². The van der Waals surface area contributed by atoms with Gasteiger partial charge < -0.3 is 20.4 Å². The van der Waals surface area contributed by atoms with Gasteiger partial charge in [0.05, 0.1) is 11.8 Å². The first-order valence-electron chi connectivity index (χ1n) is 6.36. The third-order valence-corrected chi connectivity index (χ3v) is 3.34. The number of aromatic carboxylic acids is 1. The van der Waals surface area contributed by atoms with Crippen molar-refractivity contribution in [2.24, 2.45) is 5.92 Å². The molecule has 1 saturated carbocycles. The fourth-order valence-corrected chi connectivity index (χ4v) is 2.21. The van der Waals surface area contributed by atoms with Crippen LogP contribution in [0, 0.1) is 5.92 Å². The SMILES string of the molecule is CN(CC1CC(O)C1)C(=O)Nc1cccnc1C(=O)O. The zero-order valence-electron chi connectivity index (χ0n) is 11.1. The Morgan fingerprint density at radius 3 is 2.80 bits per heavy atom. The highest BCUT2D eigenvalue weighted by molar-refractivity contribution is 5.98. The molecular formula is C13H17N3O4. The zero-order chi connectivity index (χ0) is 14.7. The molecule has 0 bridgehead atoms. The Kier molecular flexibility index (Phi) is 4.19. The fraction of sp³-hybridized carbons (Fsp3) is 0.462. The third-order valence-electron chi connectivity index (χ3n) is 3.34. The summed E-state index contributed by atoms with van der Waals surface area (Å²) in [6.45, 7) is 0.533. The first-order chi connectivity index (χ1) is 9.47. The number of carbonyl (C=O) groups excluding carboxylic acids is 1. The number of aliphatic hydroxyl groups is 1. The summed E-state index contributed by atoms with van der Waals surface area (Å²) in [4.78, 5) is 28.2. The number of hydrogen-bond donors (Lipinski definition) is 3. The van der Waals surface area contributed by atoms with Crippen molar-refractivity contribution in [1.82, 2.24) is 9.88 Å². The highest BCUT2D eigenvalue weighted by Crippen LogP contribution is 2.27. The van der Waals surface area contributed by atoms with Crippen LogP contribution < -0.4 is 5.32 Å². The Hall–Kier alpha value is -2.15. The van der Waals surface area contributed by atoms with Crippen molar-refractivity contribution < 1.29 is 19.8 Å². The molecule has 3 N–H and O–H groups in total. The number of carboxylic acid groups (broad SMARTS) is 1. The first-order valence-corrected chi connectivity index (χ1v) is 6.36. The van der Waals surface area contributed by atoms with Gasteiger partial charge >= 0.3 is 12.0 Å². The predicted molar refractivity (Wildman–Crippen MR) is 71.6 cm³/mol. The number of anilines is 1. The van der Waals surface area contributed by atoms with Gasteiger partial charge in [0.15, 0.2) is 5.69 Å². The van der Waals surface area contributed by atoms with Crippen LogP contribution in [0.4, 0.5) is 10.5 Å². The molecule has 0 saturated heterocycles. The van der Waals surface area contributed by atoms with E-state index in [1.165, 1.54) is 17.2 Å². The van der Waals surface area contributed by atoms with Crippen molar-refractivity contribution in [2.45, 2.75) is 18.9 Å². The smallest absolute Gasteiger partial charge is 0.356 e. The Labute approximate surface area is 116 Å². The van der Waals surface area contributed by atoms with Crippen molar-refractivity contribution >= 4 is 17.7 Å². The monoisotopic (exact) mass is 279 g/mol. The van der Waals surface area contributed by atoms with Gasteiger partial charge in [0.2, 0.25) is 0 Å². The van der Waals surface area contributed by atoms with Gasteiger partial charge in [-0.15, -0.1) is 0 Å². The molecule has 1 heterocycles. The van der Waals surface area contributed by atoms with E-state index in [1.54, 1.807) is 13.1 Å². The fourth-order valence-electron chi connectivity index (χ4n) is 2.21. The molecule has 1 fully saturated rings. The molecular weight excluding hydrogens is 262 g/mol. The maximum absolute atomic E-state index is 12.0. The zero-order valence-corrected chi connectivity index (χ0v) is 11.1. The van der Waals surface area contributed by atoms with Gasteiger partial charge in [-0.3, -0.25) is 0 Å². The van der Waals surface area contributed by atoms with E-state index in [-0.39, 0.29) is 23.5 Å². The number of aromatic nitrogens is 1. The molecule has 0 unspecified atom stereocenters. The Bertz CT molecular complexity index is 514. The standard InChI is InChI=1S/C13H17N3O4/c1-16(7-8-5-9(17)6-8)13(20)15-10-3-2-4-14-11(10)12(18)19/h2-4,8-9,17H,5-7H2,1H3,(H,15,20)(H,18,19). The molecule has 0 aromatic carbocycles. The molecule has 7 nitrogen and oxygen atoms in total. The molecule has 20 heavy (non-hydrogen) atoms. The number of nitrogens with one attached hydrogen (secondary N) is 1. The molecule has 108 valence electrons. The van der Waals surface area contributed by atoms with Crippen molar-refractivity contribution in [2.75, 3.05) is 18.9 Å². The number of pyridine rings is 1. The molecule has 1 aromatic rings. The van der Waals surface area contributed by atoms with Crippen molar-refractivity contribution in [3.8, 4) is 0 Å². The summed E-state index contributed by atoms with van der Waals surface area (Å²) in [6, 6.07) is 2.67. The maximum Gasteiger partial charge on any atom is 0.356 e. The lowest BCUT2D eigenvalue weighted by atomic mass is 9.82. The summed E-state index contributed by atoms with van der Waals surface area (Å²) in [5.41, 5.74) is -0.0150. The van der Waals surface area contributed by atoms with E-state index in [4.69, 9.17) is 5.11 Å². The number of carbonyl (C=O) groups is 2. The van der Waals surface area contributed by atoms with Crippen molar-refractivity contribution in [1.29, 1.82) is 0 Å². The molecule has 1 aromatic heterocycles. The summed E-state index contributed by atoms with van der Waals surface area (Å²) >= 11 is 0. The number of aliphatic hydroxyl groups excluding tert-OH is 1. The van der Waals surface area contributed by atoms with E-state index < -0.39 is 5.97 Å². The van der Waals surface area contributed by atoms with Crippen LogP contribution in [-0.4, -0.2) is 51.8 Å². The minimum atomic E-state index is -1.19. The van der Waals surface area contributed by atoms with E-state index in [0.29, 0.717) is 25.3 Å². The third kappa shape index (κ3) is 3.24. The highest BCUT2D eigenvalue weighted by atomic mass is 16.4. The molecule has 0 radical (unpaired) electrons. The van der Waals surface area contributed by atoms with E-state index in [9.17, 15) is 14.7 Å². The van der Waals surface area contributed by atoms with Gasteiger partial charge in [0.25, 0.3) is 0 Å². The van der Waals surface area contributed by atoms with Crippen molar-refractivity contribution in [3.05, 3.63) is 24.0 Å². The van der Waals surface area contributed by atoms with Gasteiger partial charge in [0.1, 0.15) is 0 Å². The summed E-state index contributed by atoms with van der Waals surface area (Å²) in [7, 11) is 1.64. The quantitative estimate of drug-likeness (QED) is 0.763. The van der Waals surface area contributed by atoms with E-state index in [2.05, 4.69) is 10.3 Å².